The predicted octanol–water partition coefficient (Wildman–Crippen LogP) is 1.82. The SMILES string of the molecule is Cc1cnc(N)c2c(C(=O)O)cccc12. The van der Waals surface area contributed by atoms with Crippen molar-refractivity contribution < 1.29 is 9.90 Å². The smallest absolute Gasteiger partial charge is 0.336 e. The number of carboxylic acid groups (broad SMARTS) is 1. The van der Waals surface area contributed by atoms with Crippen LogP contribution in [-0.2, 0) is 0 Å². The van der Waals surface area contributed by atoms with Gasteiger partial charge in [-0.3, -0.25) is 0 Å². The summed E-state index contributed by atoms with van der Waals surface area (Å²) in [6, 6.07) is 5.08. The van der Waals surface area contributed by atoms with Crippen LogP contribution in [0.1, 0.15) is 15.9 Å². The van der Waals surface area contributed by atoms with Crippen LogP contribution in [0.5, 0.6) is 0 Å². The number of aryl methyl sites for hydroxylation is 1. The maximum atomic E-state index is 11.0. The molecule has 0 saturated heterocycles. The van der Waals surface area contributed by atoms with Crippen molar-refractivity contribution in [2.45, 2.75) is 6.92 Å². The summed E-state index contributed by atoms with van der Waals surface area (Å²) < 4.78 is 0. The van der Waals surface area contributed by atoms with E-state index < -0.39 is 5.97 Å². The number of pyridine rings is 1. The lowest BCUT2D eigenvalue weighted by Crippen LogP contribution is -2.02. The molecule has 76 valence electrons. The molecule has 0 saturated carbocycles. The standard InChI is InChI=1S/C11H10N2O2/c1-6-5-13-10(12)9-7(6)3-2-4-8(9)11(14)15/h2-5H,1H3,(H2,12,13)(H,14,15). The van der Waals surface area contributed by atoms with Crippen molar-refractivity contribution in [2.24, 2.45) is 0 Å². The molecule has 0 aliphatic carbocycles. The van der Waals surface area contributed by atoms with Gasteiger partial charge in [-0.1, -0.05) is 12.1 Å². The summed E-state index contributed by atoms with van der Waals surface area (Å²) in [4.78, 5) is 15.0. The molecule has 0 atom stereocenters. The fourth-order valence-electron chi connectivity index (χ4n) is 1.64. The molecule has 3 N–H and O–H groups in total. The van der Waals surface area contributed by atoms with E-state index in [2.05, 4.69) is 4.98 Å². The summed E-state index contributed by atoms with van der Waals surface area (Å²) in [5, 5.41) is 10.4. The van der Waals surface area contributed by atoms with E-state index in [0.29, 0.717) is 5.39 Å². The van der Waals surface area contributed by atoms with Crippen molar-refractivity contribution in [2.75, 3.05) is 5.73 Å². The van der Waals surface area contributed by atoms with Gasteiger partial charge in [0.15, 0.2) is 0 Å². The number of carbonyl (C=O) groups is 1. The molecule has 0 spiro atoms. The fourth-order valence-corrected chi connectivity index (χ4v) is 1.64. The number of fused-ring (bicyclic) bond motifs is 1. The van der Waals surface area contributed by atoms with Gasteiger partial charge in [-0.05, 0) is 23.9 Å². The molecule has 0 bridgehead atoms. The summed E-state index contributed by atoms with van der Waals surface area (Å²) in [7, 11) is 0. The van der Waals surface area contributed by atoms with Gasteiger partial charge < -0.3 is 10.8 Å². The summed E-state index contributed by atoms with van der Waals surface area (Å²) >= 11 is 0. The molecule has 0 amide bonds. The Balaban J connectivity index is 2.96. The van der Waals surface area contributed by atoms with Crippen LogP contribution in [0.15, 0.2) is 24.4 Å². The first-order chi connectivity index (χ1) is 7.11. The van der Waals surface area contributed by atoms with Gasteiger partial charge in [-0.25, -0.2) is 9.78 Å². The number of rotatable bonds is 1. The molecule has 4 nitrogen and oxygen atoms in total. The Kier molecular flexibility index (Phi) is 2.04. The molecular weight excluding hydrogens is 192 g/mol. The van der Waals surface area contributed by atoms with Crippen LogP contribution in [0.2, 0.25) is 0 Å². The molecule has 15 heavy (non-hydrogen) atoms. The molecule has 4 heteroatoms. The van der Waals surface area contributed by atoms with Crippen molar-refractivity contribution in [3.05, 3.63) is 35.5 Å². The second-order valence-corrected chi connectivity index (χ2v) is 3.36. The van der Waals surface area contributed by atoms with E-state index >= 15 is 0 Å². The van der Waals surface area contributed by atoms with Crippen LogP contribution in [-0.4, -0.2) is 16.1 Å². The van der Waals surface area contributed by atoms with Gasteiger partial charge in [-0.15, -0.1) is 0 Å². The topological polar surface area (TPSA) is 76.2 Å². The number of anilines is 1. The molecular formula is C11H10N2O2. The average molecular weight is 202 g/mol. The number of hydrogen-bond acceptors (Lipinski definition) is 3. The third-order valence-corrected chi connectivity index (χ3v) is 2.37. The molecule has 0 unspecified atom stereocenters. The number of aromatic carboxylic acids is 1. The van der Waals surface area contributed by atoms with E-state index in [4.69, 9.17) is 10.8 Å². The molecule has 0 radical (unpaired) electrons. The average Bonchev–Trinajstić information content (AvgIpc) is 2.23. The molecule has 0 aliphatic rings. The summed E-state index contributed by atoms with van der Waals surface area (Å²) in [5.41, 5.74) is 6.80. The zero-order chi connectivity index (χ0) is 11.0. The quantitative estimate of drug-likeness (QED) is 0.739. The van der Waals surface area contributed by atoms with Crippen molar-refractivity contribution in [1.29, 1.82) is 0 Å². The van der Waals surface area contributed by atoms with E-state index in [0.717, 1.165) is 10.9 Å². The largest absolute Gasteiger partial charge is 0.478 e. The Morgan fingerprint density at radius 3 is 2.87 bits per heavy atom. The van der Waals surface area contributed by atoms with E-state index in [1.165, 1.54) is 6.07 Å². The molecule has 2 aromatic rings. The minimum Gasteiger partial charge on any atom is -0.478 e. The van der Waals surface area contributed by atoms with Crippen LogP contribution in [0.25, 0.3) is 10.8 Å². The second kappa shape index (κ2) is 3.24. The van der Waals surface area contributed by atoms with Gasteiger partial charge in [0.1, 0.15) is 5.82 Å². The Labute approximate surface area is 86.4 Å². The molecule has 0 aliphatic heterocycles. The molecule has 1 heterocycles. The number of nitrogens with two attached hydrogens (primary N) is 1. The lowest BCUT2D eigenvalue weighted by Gasteiger charge is -2.06. The van der Waals surface area contributed by atoms with Crippen molar-refractivity contribution in [1.82, 2.24) is 4.98 Å². The van der Waals surface area contributed by atoms with E-state index in [1.54, 1.807) is 12.3 Å². The second-order valence-electron chi connectivity index (χ2n) is 3.36. The van der Waals surface area contributed by atoms with Crippen LogP contribution < -0.4 is 5.73 Å². The number of carboxylic acids is 1. The van der Waals surface area contributed by atoms with Crippen LogP contribution >= 0.6 is 0 Å². The third kappa shape index (κ3) is 1.40. The molecule has 2 rings (SSSR count). The Hall–Kier alpha value is -2.10. The van der Waals surface area contributed by atoms with Gasteiger partial charge in [0, 0.05) is 11.6 Å². The normalized spacial score (nSPS) is 10.5. The van der Waals surface area contributed by atoms with Crippen LogP contribution in [0.4, 0.5) is 5.82 Å². The highest BCUT2D eigenvalue weighted by atomic mass is 16.4. The monoisotopic (exact) mass is 202 g/mol. The maximum Gasteiger partial charge on any atom is 0.336 e. The predicted molar refractivity (Wildman–Crippen MR) is 57.9 cm³/mol. The van der Waals surface area contributed by atoms with Gasteiger partial charge in [0.25, 0.3) is 0 Å². The summed E-state index contributed by atoms with van der Waals surface area (Å²) in [6.45, 7) is 1.88. The molecule has 0 fully saturated rings. The molecule has 1 aromatic carbocycles. The zero-order valence-electron chi connectivity index (χ0n) is 8.19. The fraction of sp³-hybridized carbons (Fsp3) is 0.0909. The van der Waals surface area contributed by atoms with E-state index in [1.807, 2.05) is 13.0 Å². The zero-order valence-corrected chi connectivity index (χ0v) is 8.19. The number of nitrogen functional groups attached to an aromatic ring is 1. The Bertz CT molecular complexity index is 550. The minimum atomic E-state index is -0.986. The summed E-state index contributed by atoms with van der Waals surface area (Å²) in [6.07, 6.45) is 1.64. The van der Waals surface area contributed by atoms with Gasteiger partial charge >= 0.3 is 5.97 Å². The van der Waals surface area contributed by atoms with E-state index in [9.17, 15) is 4.79 Å². The van der Waals surface area contributed by atoms with Crippen molar-refractivity contribution in [3.63, 3.8) is 0 Å². The summed E-state index contributed by atoms with van der Waals surface area (Å²) in [5.74, 6) is -0.728. The van der Waals surface area contributed by atoms with E-state index in [-0.39, 0.29) is 11.4 Å². The van der Waals surface area contributed by atoms with Gasteiger partial charge in [0.2, 0.25) is 0 Å². The van der Waals surface area contributed by atoms with Crippen molar-refractivity contribution in [3.8, 4) is 0 Å². The molecule has 1 aromatic heterocycles. The number of aromatic nitrogens is 1. The Morgan fingerprint density at radius 2 is 2.20 bits per heavy atom. The van der Waals surface area contributed by atoms with Crippen LogP contribution in [0, 0.1) is 6.92 Å². The lowest BCUT2D eigenvalue weighted by molar-refractivity contribution is 0.0699. The minimum absolute atomic E-state index is 0.196. The highest BCUT2D eigenvalue weighted by Crippen LogP contribution is 2.25. The highest BCUT2D eigenvalue weighted by Gasteiger charge is 2.12. The lowest BCUT2D eigenvalue weighted by atomic mass is 10.0. The highest BCUT2D eigenvalue weighted by molar-refractivity contribution is 6.08. The Morgan fingerprint density at radius 1 is 1.47 bits per heavy atom. The number of benzene rings is 1. The van der Waals surface area contributed by atoms with Gasteiger partial charge in [0.05, 0.1) is 5.56 Å². The first kappa shape index (κ1) is 9.45. The number of hydrogen-bond donors (Lipinski definition) is 2. The van der Waals surface area contributed by atoms with Gasteiger partial charge in [-0.2, -0.15) is 0 Å². The van der Waals surface area contributed by atoms with Crippen molar-refractivity contribution >= 4 is 22.6 Å². The first-order valence-corrected chi connectivity index (χ1v) is 4.48. The first-order valence-electron chi connectivity index (χ1n) is 4.48. The third-order valence-electron chi connectivity index (χ3n) is 2.37. The maximum absolute atomic E-state index is 11.0. The van der Waals surface area contributed by atoms with Crippen LogP contribution in [0.3, 0.4) is 0 Å². The number of nitrogens with zero attached hydrogens (tertiary/aromatic N) is 1.